The summed E-state index contributed by atoms with van der Waals surface area (Å²) in [6.07, 6.45) is 0.325. The van der Waals surface area contributed by atoms with Gasteiger partial charge in [-0.3, -0.25) is 4.79 Å². The van der Waals surface area contributed by atoms with Crippen LogP contribution in [0.4, 0.5) is 0 Å². The number of nitrogens with zero attached hydrogens (tertiary/aromatic N) is 1. The molecular formula is C14H15BrN2O2. The first-order valence-electron chi connectivity index (χ1n) is 6.00. The molecule has 1 aromatic carbocycles. The first-order chi connectivity index (χ1) is 9.02. The normalized spacial score (nSPS) is 10.7. The van der Waals surface area contributed by atoms with Gasteiger partial charge in [0, 0.05) is 34.3 Å². The van der Waals surface area contributed by atoms with E-state index in [0.717, 1.165) is 15.6 Å². The molecule has 0 fully saturated rings. The van der Waals surface area contributed by atoms with Crippen molar-refractivity contribution in [2.24, 2.45) is 0 Å². The molecule has 0 saturated heterocycles. The molecule has 1 aromatic heterocycles. The van der Waals surface area contributed by atoms with Gasteiger partial charge in [0.2, 0.25) is 0 Å². The zero-order valence-corrected chi connectivity index (χ0v) is 12.4. The molecule has 0 bridgehead atoms. The fraction of sp³-hybridized carbons (Fsp3) is 0.286. The quantitative estimate of drug-likeness (QED) is 0.911. The second-order valence-corrected chi connectivity index (χ2v) is 5.27. The zero-order chi connectivity index (χ0) is 14.0. The van der Waals surface area contributed by atoms with E-state index in [0.29, 0.717) is 23.5 Å². The van der Waals surface area contributed by atoms with Crippen molar-refractivity contribution < 1.29 is 5.11 Å². The van der Waals surface area contributed by atoms with Gasteiger partial charge in [-0.25, -0.2) is 4.98 Å². The molecular weight excluding hydrogens is 308 g/mol. The Balaban J connectivity index is 2.52. The van der Waals surface area contributed by atoms with Crippen LogP contribution in [0.2, 0.25) is 0 Å². The average molecular weight is 323 g/mol. The van der Waals surface area contributed by atoms with Crippen molar-refractivity contribution in [2.75, 3.05) is 6.61 Å². The van der Waals surface area contributed by atoms with Crippen molar-refractivity contribution in [3.05, 3.63) is 49.8 Å². The highest BCUT2D eigenvalue weighted by atomic mass is 79.9. The molecule has 1 heterocycles. The highest BCUT2D eigenvalue weighted by molar-refractivity contribution is 9.10. The molecule has 0 amide bonds. The molecule has 0 aliphatic carbocycles. The molecule has 2 aromatic rings. The molecule has 2 rings (SSSR count). The topological polar surface area (TPSA) is 66.0 Å². The first-order valence-corrected chi connectivity index (χ1v) is 6.79. The van der Waals surface area contributed by atoms with E-state index in [4.69, 9.17) is 5.11 Å². The number of H-pyrrole nitrogens is 1. The Morgan fingerprint density at radius 2 is 2.11 bits per heavy atom. The maximum atomic E-state index is 12.0. The molecule has 0 atom stereocenters. The first kappa shape index (κ1) is 14.0. The van der Waals surface area contributed by atoms with Gasteiger partial charge in [-0.05, 0) is 25.5 Å². The van der Waals surface area contributed by atoms with E-state index >= 15 is 0 Å². The third kappa shape index (κ3) is 2.93. The molecule has 0 aliphatic rings. The summed E-state index contributed by atoms with van der Waals surface area (Å²) in [6.45, 7) is 3.73. The van der Waals surface area contributed by atoms with Crippen LogP contribution in [-0.2, 0) is 6.42 Å². The summed E-state index contributed by atoms with van der Waals surface area (Å²) < 4.78 is 0.977. The standard InChI is InChI=1S/C14H15BrN2O2/c1-8-3-4-10(7-12(8)15)13-16-9(2)11(5-6-18)14(19)17-13/h3-4,7,18H,5-6H2,1-2H3,(H,16,17,19). The molecule has 0 saturated carbocycles. The summed E-state index contributed by atoms with van der Waals surface area (Å²) in [4.78, 5) is 19.1. The summed E-state index contributed by atoms with van der Waals surface area (Å²) >= 11 is 3.47. The second-order valence-electron chi connectivity index (χ2n) is 4.42. The van der Waals surface area contributed by atoms with Crippen molar-refractivity contribution in [3.8, 4) is 11.4 Å². The maximum absolute atomic E-state index is 12.0. The summed E-state index contributed by atoms with van der Waals surface area (Å²) in [5.74, 6) is 0.546. The molecule has 2 N–H and O–H groups in total. The van der Waals surface area contributed by atoms with E-state index in [1.807, 2.05) is 25.1 Å². The van der Waals surface area contributed by atoms with Crippen molar-refractivity contribution in [1.29, 1.82) is 0 Å². The largest absolute Gasteiger partial charge is 0.396 e. The molecule has 0 radical (unpaired) electrons. The van der Waals surface area contributed by atoms with Crippen LogP contribution in [0.1, 0.15) is 16.8 Å². The van der Waals surface area contributed by atoms with Gasteiger partial charge in [0.15, 0.2) is 0 Å². The van der Waals surface area contributed by atoms with Crippen molar-refractivity contribution in [1.82, 2.24) is 9.97 Å². The van der Waals surface area contributed by atoms with Gasteiger partial charge in [-0.15, -0.1) is 0 Å². The Labute approximate surface area is 119 Å². The van der Waals surface area contributed by atoms with Gasteiger partial charge in [-0.2, -0.15) is 0 Å². The van der Waals surface area contributed by atoms with Crippen LogP contribution in [0.3, 0.4) is 0 Å². The fourth-order valence-corrected chi connectivity index (χ4v) is 2.27. The van der Waals surface area contributed by atoms with Gasteiger partial charge < -0.3 is 10.1 Å². The average Bonchev–Trinajstić information content (AvgIpc) is 2.37. The number of benzene rings is 1. The number of nitrogens with one attached hydrogen (secondary N) is 1. The number of rotatable bonds is 3. The third-order valence-corrected chi connectivity index (χ3v) is 3.88. The number of aliphatic hydroxyl groups is 1. The number of aryl methyl sites for hydroxylation is 2. The highest BCUT2D eigenvalue weighted by Gasteiger charge is 2.09. The molecule has 0 unspecified atom stereocenters. The van der Waals surface area contributed by atoms with E-state index in [2.05, 4.69) is 25.9 Å². The Morgan fingerprint density at radius 3 is 2.68 bits per heavy atom. The van der Waals surface area contributed by atoms with E-state index in [9.17, 15) is 4.79 Å². The van der Waals surface area contributed by atoms with Crippen molar-refractivity contribution in [2.45, 2.75) is 20.3 Å². The van der Waals surface area contributed by atoms with Crippen LogP contribution < -0.4 is 5.56 Å². The third-order valence-electron chi connectivity index (χ3n) is 3.03. The van der Waals surface area contributed by atoms with Crippen molar-refractivity contribution in [3.63, 3.8) is 0 Å². The minimum atomic E-state index is -0.187. The fourth-order valence-electron chi connectivity index (χ4n) is 1.89. The number of halogens is 1. The molecule has 100 valence electrons. The molecule has 19 heavy (non-hydrogen) atoms. The minimum Gasteiger partial charge on any atom is -0.396 e. The van der Waals surface area contributed by atoms with Crippen LogP contribution in [0.25, 0.3) is 11.4 Å². The van der Waals surface area contributed by atoms with Crippen LogP contribution in [0.5, 0.6) is 0 Å². The number of hydrogen-bond acceptors (Lipinski definition) is 3. The monoisotopic (exact) mass is 322 g/mol. The Kier molecular flexibility index (Phi) is 4.17. The van der Waals surface area contributed by atoms with E-state index in [-0.39, 0.29) is 12.2 Å². The lowest BCUT2D eigenvalue weighted by molar-refractivity contribution is 0.298. The smallest absolute Gasteiger partial charge is 0.254 e. The van der Waals surface area contributed by atoms with Crippen molar-refractivity contribution >= 4 is 15.9 Å². The SMILES string of the molecule is Cc1ccc(-c2nc(C)c(CCO)c(=O)[nH]2)cc1Br. The van der Waals surface area contributed by atoms with E-state index in [1.54, 1.807) is 6.92 Å². The Bertz CT molecular complexity index is 665. The molecule has 4 nitrogen and oxygen atoms in total. The van der Waals surface area contributed by atoms with E-state index in [1.165, 1.54) is 0 Å². The van der Waals surface area contributed by atoms with Crippen LogP contribution >= 0.6 is 15.9 Å². The summed E-state index contributed by atoms with van der Waals surface area (Å²) in [7, 11) is 0. The van der Waals surface area contributed by atoms with Gasteiger partial charge in [0.05, 0.1) is 0 Å². The lowest BCUT2D eigenvalue weighted by Gasteiger charge is -2.07. The second kappa shape index (κ2) is 5.67. The lowest BCUT2D eigenvalue weighted by Crippen LogP contribution is -2.18. The molecule has 0 aliphatic heterocycles. The molecule has 0 spiro atoms. The summed E-state index contributed by atoms with van der Waals surface area (Å²) in [5.41, 5.74) is 2.99. The Hall–Kier alpha value is -1.46. The van der Waals surface area contributed by atoms with Gasteiger partial charge in [-0.1, -0.05) is 28.1 Å². The number of aliphatic hydroxyl groups excluding tert-OH is 1. The number of hydrogen-bond donors (Lipinski definition) is 2. The highest BCUT2D eigenvalue weighted by Crippen LogP contribution is 2.23. The van der Waals surface area contributed by atoms with Crippen LogP contribution in [0, 0.1) is 13.8 Å². The minimum absolute atomic E-state index is 0.0545. The van der Waals surface area contributed by atoms with Gasteiger partial charge >= 0.3 is 0 Å². The predicted octanol–water partition coefficient (Wildman–Crippen LogP) is 2.35. The predicted molar refractivity (Wildman–Crippen MR) is 78.3 cm³/mol. The zero-order valence-electron chi connectivity index (χ0n) is 10.8. The lowest BCUT2D eigenvalue weighted by atomic mass is 10.1. The van der Waals surface area contributed by atoms with Crippen LogP contribution in [0.15, 0.2) is 27.5 Å². The van der Waals surface area contributed by atoms with Gasteiger partial charge in [0.1, 0.15) is 5.82 Å². The number of aromatic amines is 1. The summed E-state index contributed by atoms with van der Waals surface area (Å²) in [5, 5.41) is 8.94. The Morgan fingerprint density at radius 1 is 1.37 bits per heavy atom. The molecule has 5 heteroatoms. The number of aromatic nitrogens is 2. The van der Waals surface area contributed by atoms with Gasteiger partial charge in [0.25, 0.3) is 5.56 Å². The van der Waals surface area contributed by atoms with Crippen LogP contribution in [-0.4, -0.2) is 21.7 Å². The summed E-state index contributed by atoms with van der Waals surface area (Å²) in [6, 6.07) is 5.82. The van der Waals surface area contributed by atoms with E-state index < -0.39 is 0 Å². The maximum Gasteiger partial charge on any atom is 0.254 e.